The van der Waals surface area contributed by atoms with Crippen LogP contribution in [0.25, 0.3) is 11.1 Å². The molecule has 2 aliphatic heterocycles. The maximum absolute atomic E-state index is 12.7. The molecule has 1 N–H and O–H groups in total. The number of likely N-dealkylation sites (tertiary alicyclic amines) is 1. The van der Waals surface area contributed by atoms with Crippen LogP contribution in [0.5, 0.6) is 0 Å². The summed E-state index contributed by atoms with van der Waals surface area (Å²) in [6.45, 7) is 1.56. The first-order valence-electron chi connectivity index (χ1n) is 9.49. The van der Waals surface area contributed by atoms with Crippen LogP contribution in [0.1, 0.15) is 17.0 Å². The molecule has 1 aliphatic carbocycles. The monoisotopic (exact) mass is 379 g/mol. The van der Waals surface area contributed by atoms with Gasteiger partial charge in [-0.15, -0.1) is 0 Å². The summed E-state index contributed by atoms with van der Waals surface area (Å²) in [4.78, 5) is 25.8. The number of carboxylic acids is 1. The van der Waals surface area contributed by atoms with Crippen molar-refractivity contribution in [2.24, 2.45) is 11.3 Å². The highest BCUT2D eigenvalue weighted by Crippen LogP contribution is 2.45. The highest BCUT2D eigenvalue weighted by Gasteiger charge is 2.56. The maximum Gasteiger partial charge on any atom is 0.409 e. The Morgan fingerprint density at radius 2 is 1.68 bits per heavy atom. The minimum Gasteiger partial charge on any atom is -0.481 e. The van der Waals surface area contributed by atoms with Crippen molar-refractivity contribution in [1.29, 1.82) is 0 Å². The van der Waals surface area contributed by atoms with Crippen LogP contribution in [0.15, 0.2) is 48.5 Å². The van der Waals surface area contributed by atoms with Gasteiger partial charge in [-0.1, -0.05) is 48.5 Å². The van der Waals surface area contributed by atoms with E-state index in [-0.39, 0.29) is 19.1 Å². The van der Waals surface area contributed by atoms with Crippen molar-refractivity contribution in [3.8, 4) is 11.1 Å². The van der Waals surface area contributed by atoms with Crippen LogP contribution < -0.4 is 0 Å². The van der Waals surface area contributed by atoms with E-state index in [1.165, 1.54) is 16.0 Å². The third-order valence-electron chi connectivity index (χ3n) is 6.32. The third-order valence-corrected chi connectivity index (χ3v) is 6.32. The van der Waals surface area contributed by atoms with E-state index in [4.69, 9.17) is 9.47 Å². The molecule has 2 saturated heterocycles. The summed E-state index contributed by atoms with van der Waals surface area (Å²) in [6.07, 6.45) is -0.447. The number of hydrogen-bond acceptors (Lipinski definition) is 4. The van der Waals surface area contributed by atoms with Gasteiger partial charge in [0.2, 0.25) is 0 Å². The predicted octanol–water partition coefficient (Wildman–Crippen LogP) is 2.97. The van der Waals surface area contributed by atoms with Crippen LogP contribution in [-0.4, -0.2) is 55.0 Å². The first-order chi connectivity index (χ1) is 13.6. The lowest BCUT2D eigenvalue weighted by Gasteiger charge is -2.40. The average Bonchev–Trinajstić information content (AvgIpc) is 3.24. The highest BCUT2D eigenvalue weighted by molar-refractivity contribution is 5.79. The maximum atomic E-state index is 12.7. The van der Waals surface area contributed by atoms with Gasteiger partial charge in [-0.05, 0) is 22.3 Å². The Morgan fingerprint density at radius 1 is 1.07 bits per heavy atom. The minimum atomic E-state index is -0.878. The van der Waals surface area contributed by atoms with Crippen molar-refractivity contribution in [3.05, 3.63) is 59.7 Å². The lowest BCUT2D eigenvalue weighted by molar-refractivity contribution is -0.164. The van der Waals surface area contributed by atoms with Crippen LogP contribution >= 0.6 is 0 Å². The van der Waals surface area contributed by atoms with Gasteiger partial charge in [0.05, 0.1) is 19.1 Å². The van der Waals surface area contributed by atoms with Crippen LogP contribution in [0.3, 0.4) is 0 Å². The third kappa shape index (κ3) is 2.52. The fraction of sp³-hybridized carbons (Fsp3) is 0.364. The molecule has 1 atom stereocenters. The summed E-state index contributed by atoms with van der Waals surface area (Å²) in [5, 5.41) is 9.50. The molecule has 0 saturated carbocycles. The molecule has 6 heteroatoms. The number of rotatable bonds is 3. The summed E-state index contributed by atoms with van der Waals surface area (Å²) in [6, 6.07) is 16.4. The number of carbonyl (C=O) groups excluding carboxylic acids is 1. The molecule has 0 radical (unpaired) electrons. The molecule has 1 unspecified atom stereocenters. The van der Waals surface area contributed by atoms with Gasteiger partial charge in [-0.2, -0.15) is 0 Å². The number of ether oxygens (including phenoxy) is 2. The van der Waals surface area contributed by atoms with Gasteiger partial charge in [-0.25, -0.2) is 4.79 Å². The van der Waals surface area contributed by atoms with E-state index in [0.717, 1.165) is 11.1 Å². The van der Waals surface area contributed by atoms with Crippen LogP contribution in [0, 0.1) is 11.3 Å². The van der Waals surface area contributed by atoms with Gasteiger partial charge in [0.25, 0.3) is 0 Å². The molecule has 2 fully saturated rings. The number of aliphatic carboxylic acids is 1. The molecule has 1 amide bonds. The number of benzene rings is 2. The molecular formula is C22H21NO5. The van der Waals surface area contributed by atoms with Gasteiger partial charge >= 0.3 is 12.1 Å². The Hall–Kier alpha value is -2.86. The van der Waals surface area contributed by atoms with E-state index >= 15 is 0 Å². The van der Waals surface area contributed by atoms with E-state index in [1.807, 2.05) is 24.3 Å². The van der Waals surface area contributed by atoms with E-state index < -0.39 is 23.4 Å². The van der Waals surface area contributed by atoms with Gasteiger partial charge in [-0.3, -0.25) is 4.79 Å². The second kappa shape index (κ2) is 6.34. The molecule has 2 aromatic rings. The molecule has 2 aromatic carbocycles. The van der Waals surface area contributed by atoms with E-state index in [2.05, 4.69) is 24.3 Å². The number of carbonyl (C=O) groups is 2. The zero-order valence-electron chi connectivity index (χ0n) is 15.3. The fourth-order valence-corrected chi connectivity index (χ4v) is 4.79. The quantitative estimate of drug-likeness (QED) is 0.887. The van der Waals surface area contributed by atoms with Crippen LogP contribution in [-0.2, 0) is 14.3 Å². The average molecular weight is 379 g/mol. The summed E-state index contributed by atoms with van der Waals surface area (Å²) < 4.78 is 10.9. The number of fused-ring (bicyclic) bond motifs is 3. The molecule has 3 aliphatic rings. The van der Waals surface area contributed by atoms with E-state index in [9.17, 15) is 14.7 Å². The summed E-state index contributed by atoms with van der Waals surface area (Å²) in [5.41, 5.74) is 4.21. The molecule has 5 rings (SSSR count). The van der Waals surface area contributed by atoms with Gasteiger partial charge in [0, 0.05) is 24.4 Å². The zero-order valence-corrected chi connectivity index (χ0v) is 15.3. The largest absolute Gasteiger partial charge is 0.481 e. The van der Waals surface area contributed by atoms with Gasteiger partial charge in [0.15, 0.2) is 0 Å². The van der Waals surface area contributed by atoms with Crippen molar-refractivity contribution in [2.75, 3.05) is 32.9 Å². The van der Waals surface area contributed by atoms with Gasteiger partial charge in [0.1, 0.15) is 6.61 Å². The van der Waals surface area contributed by atoms with Crippen molar-refractivity contribution < 1.29 is 24.2 Å². The topological polar surface area (TPSA) is 76.1 Å². The Labute approximate surface area is 162 Å². The lowest BCUT2D eigenvalue weighted by Crippen LogP contribution is -2.51. The van der Waals surface area contributed by atoms with Crippen molar-refractivity contribution in [2.45, 2.75) is 5.92 Å². The molecule has 0 bridgehead atoms. The number of amides is 1. The van der Waals surface area contributed by atoms with Crippen LogP contribution in [0.2, 0.25) is 0 Å². The standard InChI is InChI=1S/C22H21NO5/c24-20(25)19-9-23(11-22(19)12-27-13-22)21(26)28-10-18-16-7-3-1-5-14(16)15-6-2-4-8-17(15)18/h1-8,18-19H,9-13H2,(H,24,25). The molecule has 0 aromatic heterocycles. The summed E-state index contributed by atoms with van der Waals surface area (Å²) in [7, 11) is 0. The Morgan fingerprint density at radius 3 is 2.18 bits per heavy atom. The molecular weight excluding hydrogens is 358 g/mol. The highest BCUT2D eigenvalue weighted by atomic mass is 16.6. The zero-order chi connectivity index (χ0) is 19.3. The molecule has 2 heterocycles. The smallest absolute Gasteiger partial charge is 0.409 e. The SMILES string of the molecule is O=C(O)C1CN(C(=O)OCC2c3ccccc3-c3ccccc32)CC12COC2. The lowest BCUT2D eigenvalue weighted by atomic mass is 9.76. The summed E-state index contributed by atoms with van der Waals surface area (Å²) in [5.74, 6) is -1.48. The van der Waals surface area contributed by atoms with Gasteiger partial charge < -0.3 is 19.5 Å². The van der Waals surface area contributed by atoms with Crippen LogP contribution in [0.4, 0.5) is 4.79 Å². The fourth-order valence-electron chi connectivity index (χ4n) is 4.79. The Bertz CT molecular complexity index is 906. The van der Waals surface area contributed by atoms with Crippen molar-refractivity contribution in [3.63, 3.8) is 0 Å². The second-order valence-corrected chi connectivity index (χ2v) is 7.93. The predicted molar refractivity (Wildman–Crippen MR) is 101 cm³/mol. The Balaban J connectivity index is 1.32. The number of hydrogen-bond donors (Lipinski definition) is 1. The molecule has 6 nitrogen and oxygen atoms in total. The van der Waals surface area contributed by atoms with E-state index in [1.54, 1.807) is 0 Å². The first-order valence-corrected chi connectivity index (χ1v) is 9.49. The minimum absolute atomic E-state index is 0.00443. The Kier molecular flexibility index (Phi) is 3.91. The van der Waals surface area contributed by atoms with Crippen molar-refractivity contribution >= 4 is 12.1 Å². The number of carboxylic acid groups (broad SMARTS) is 1. The first kappa shape index (κ1) is 17.3. The van der Waals surface area contributed by atoms with E-state index in [0.29, 0.717) is 19.8 Å². The molecule has 144 valence electrons. The molecule has 1 spiro atoms. The number of nitrogens with zero attached hydrogens (tertiary/aromatic N) is 1. The summed E-state index contributed by atoms with van der Waals surface area (Å²) >= 11 is 0. The normalized spacial score (nSPS) is 21.9. The second-order valence-electron chi connectivity index (χ2n) is 7.93. The van der Waals surface area contributed by atoms with Crippen molar-refractivity contribution in [1.82, 2.24) is 4.90 Å². The molecule has 28 heavy (non-hydrogen) atoms.